The van der Waals surface area contributed by atoms with E-state index in [1.54, 1.807) is 0 Å². The summed E-state index contributed by atoms with van der Waals surface area (Å²) in [7, 11) is -3.22. The standard InChI is InChI=1S/C8H19NO2S.C5H9NO4.2K/c1-2-3-4-5-6-7-8-12(9,10)11;6-3(5(9)10)1-2-4(7)8;;/h2-8H2,1H3,(H2,9,10,11);3H,1-2,6H2,(H,7,8)(H,9,10);;/q;;2*+1/p-2. The van der Waals surface area contributed by atoms with Crippen LogP contribution in [-0.2, 0) is 19.6 Å². The van der Waals surface area contributed by atoms with E-state index < -0.39 is 28.0 Å². The van der Waals surface area contributed by atoms with Gasteiger partial charge in [-0.1, -0.05) is 39.0 Å². The Bertz CT molecular complexity index is 421. The summed E-state index contributed by atoms with van der Waals surface area (Å²) >= 11 is 0. The maximum atomic E-state index is 10.5. The number of unbranched alkanes of at least 4 members (excludes halogenated alkanes) is 5. The molecule has 0 aliphatic carbocycles. The van der Waals surface area contributed by atoms with Crippen molar-refractivity contribution in [3.63, 3.8) is 0 Å². The number of carbonyl (C=O) groups excluding carboxylic acids is 2. The molecule has 0 rings (SSSR count). The van der Waals surface area contributed by atoms with Gasteiger partial charge in [0.2, 0.25) is 10.0 Å². The molecule has 0 amide bonds. The Balaban J connectivity index is -0.000000156. The summed E-state index contributed by atoms with van der Waals surface area (Å²) < 4.78 is 21.0. The minimum atomic E-state index is -3.22. The zero-order chi connectivity index (χ0) is 17.6. The van der Waals surface area contributed by atoms with Crippen LogP contribution in [0.15, 0.2) is 0 Å². The van der Waals surface area contributed by atoms with Gasteiger partial charge in [-0.05, 0) is 19.3 Å². The van der Waals surface area contributed by atoms with E-state index in [4.69, 9.17) is 10.9 Å². The molecule has 0 fully saturated rings. The molecule has 0 aliphatic rings. The quantitative estimate of drug-likeness (QED) is 0.249. The van der Waals surface area contributed by atoms with Crippen LogP contribution in [-0.4, -0.2) is 32.2 Å². The molecule has 0 saturated heterocycles. The Morgan fingerprint density at radius 1 is 1.00 bits per heavy atom. The van der Waals surface area contributed by atoms with Crippen LogP contribution in [0.5, 0.6) is 0 Å². The zero-order valence-electron chi connectivity index (χ0n) is 15.0. The largest absolute Gasteiger partial charge is 1.00 e. The van der Waals surface area contributed by atoms with Crippen LogP contribution >= 0.6 is 0 Å². The Hall–Kier alpha value is 2.08. The van der Waals surface area contributed by atoms with Crippen molar-refractivity contribution in [2.75, 3.05) is 5.75 Å². The fraction of sp³-hybridized carbons (Fsp3) is 0.846. The molecule has 0 aliphatic heterocycles. The van der Waals surface area contributed by atoms with Gasteiger partial charge in [0.15, 0.2) is 0 Å². The fourth-order valence-corrected chi connectivity index (χ4v) is 2.08. The molecule has 11 heteroatoms. The molecule has 0 aromatic heterocycles. The van der Waals surface area contributed by atoms with Crippen LogP contribution < -0.4 is 124 Å². The molecule has 132 valence electrons. The summed E-state index contributed by atoms with van der Waals surface area (Å²) in [6.07, 6.45) is 5.99. The summed E-state index contributed by atoms with van der Waals surface area (Å²) in [6, 6.07) is -1.21. The predicted octanol–water partition coefficient (Wildman–Crippen LogP) is -7.76. The number of primary sulfonamides is 1. The molecule has 0 heterocycles. The first-order chi connectivity index (χ1) is 10.1. The van der Waals surface area contributed by atoms with Crippen molar-refractivity contribution in [1.29, 1.82) is 0 Å². The first-order valence-electron chi connectivity index (χ1n) is 7.27. The molecule has 1 atom stereocenters. The summed E-state index contributed by atoms with van der Waals surface area (Å²) in [5.74, 6) is -2.61. The summed E-state index contributed by atoms with van der Waals surface area (Å²) in [5.41, 5.74) is 4.91. The van der Waals surface area contributed by atoms with Crippen molar-refractivity contribution < 1.29 is 131 Å². The van der Waals surface area contributed by atoms with Crippen molar-refractivity contribution in [2.45, 2.75) is 64.3 Å². The second-order valence-electron chi connectivity index (χ2n) is 4.97. The second-order valence-corrected chi connectivity index (χ2v) is 6.70. The molecule has 4 N–H and O–H groups in total. The Labute approximate surface area is 229 Å². The maximum Gasteiger partial charge on any atom is 1.00 e. The average Bonchev–Trinajstić information content (AvgIpc) is 2.39. The Morgan fingerprint density at radius 2 is 1.46 bits per heavy atom. The fourth-order valence-electron chi connectivity index (χ4n) is 1.47. The third-order valence-corrected chi connectivity index (χ3v) is 3.60. The van der Waals surface area contributed by atoms with Gasteiger partial charge in [-0.3, -0.25) is 0 Å². The van der Waals surface area contributed by atoms with Gasteiger partial charge in [0, 0.05) is 12.0 Å². The molecule has 0 radical (unpaired) electrons. The first-order valence-corrected chi connectivity index (χ1v) is 8.98. The molecule has 0 saturated carbocycles. The van der Waals surface area contributed by atoms with E-state index in [0.717, 1.165) is 12.8 Å². The molecule has 24 heavy (non-hydrogen) atoms. The van der Waals surface area contributed by atoms with E-state index >= 15 is 0 Å². The monoisotopic (exact) mass is 416 g/mol. The van der Waals surface area contributed by atoms with Crippen molar-refractivity contribution >= 4 is 22.0 Å². The van der Waals surface area contributed by atoms with E-state index in [1.807, 2.05) is 0 Å². The van der Waals surface area contributed by atoms with Crippen LogP contribution in [0.3, 0.4) is 0 Å². The molecular weight excluding hydrogens is 390 g/mol. The maximum absolute atomic E-state index is 10.5. The van der Waals surface area contributed by atoms with E-state index in [0.29, 0.717) is 6.42 Å². The number of hydrogen-bond donors (Lipinski definition) is 2. The number of carboxylic acids is 2. The van der Waals surface area contributed by atoms with Gasteiger partial charge in [0.05, 0.1) is 11.7 Å². The van der Waals surface area contributed by atoms with Crippen LogP contribution in [0.1, 0.15) is 58.3 Å². The van der Waals surface area contributed by atoms with Crippen molar-refractivity contribution in [1.82, 2.24) is 0 Å². The number of aliphatic carboxylic acids is 2. The van der Waals surface area contributed by atoms with E-state index in [9.17, 15) is 28.2 Å². The minimum Gasteiger partial charge on any atom is -0.550 e. The normalized spacial score (nSPS) is 11.1. The Kier molecular flexibility index (Phi) is 30.0. The van der Waals surface area contributed by atoms with Crippen molar-refractivity contribution in [3.05, 3.63) is 0 Å². The van der Waals surface area contributed by atoms with Gasteiger partial charge < -0.3 is 25.5 Å². The van der Waals surface area contributed by atoms with Gasteiger partial charge in [-0.25, -0.2) is 13.6 Å². The van der Waals surface area contributed by atoms with Crippen molar-refractivity contribution in [2.24, 2.45) is 10.9 Å². The average molecular weight is 417 g/mol. The molecule has 0 aromatic rings. The van der Waals surface area contributed by atoms with Crippen LogP contribution in [0.2, 0.25) is 0 Å². The molecule has 0 spiro atoms. The molecule has 0 bridgehead atoms. The number of carbonyl (C=O) groups is 2. The summed E-state index contributed by atoms with van der Waals surface area (Å²) in [6.45, 7) is 2.16. The minimum absolute atomic E-state index is 0. The van der Waals surface area contributed by atoms with E-state index in [-0.39, 0.29) is 121 Å². The zero-order valence-corrected chi connectivity index (χ0v) is 22.0. The SMILES string of the molecule is CCCCCCCCS(N)(=O)=O.NC(CCC(=O)[O-])C(=O)[O-].[K+].[K+]. The first kappa shape index (κ1) is 33.7. The molecule has 1 unspecified atom stereocenters. The van der Waals surface area contributed by atoms with Gasteiger partial charge in [-0.15, -0.1) is 0 Å². The molecular formula is C13H26K2N2O6S. The number of carboxylic acid groups (broad SMARTS) is 2. The van der Waals surface area contributed by atoms with Gasteiger partial charge in [0.1, 0.15) is 0 Å². The summed E-state index contributed by atoms with van der Waals surface area (Å²) in [5, 5.41) is 24.5. The topological polar surface area (TPSA) is 166 Å². The third-order valence-electron chi connectivity index (χ3n) is 2.74. The van der Waals surface area contributed by atoms with Gasteiger partial charge in [0.25, 0.3) is 0 Å². The third kappa shape index (κ3) is 31.8. The van der Waals surface area contributed by atoms with E-state index in [2.05, 4.69) is 6.92 Å². The van der Waals surface area contributed by atoms with Crippen LogP contribution in [0.4, 0.5) is 0 Å². The number of rotatable bonds is 11. The van der Waals surface area contributed by atoms with Gasteiger partial charge >= 0.3 is 103 Å². The second kappa shape index (κ2) is 21.4. The Morgan fingerprint density at radius 3 is 1.83 bits per heavy atom. The van der Waals surface area contributed by atoms with Crippen molar-refractivity contribution in [3.8, 4) is 0 Å². The van der Waals surface area contributed by atoms with Crippen LogP contribution in [0, 0.1) is 0 Å². The number of sulfonamides is 1. The predicted molar refractivity (Wildman–Crippen MR) is 78.6 cm³/mol. The number of nitrogens with two attached hydrogens (primary N) is 2. The summed E-state index contributed by atoms with van der Waals surface area (Å²) in [4.78, 5) is 19.6. The smallest absolute Gasteiger partial charge is 0.550 e. The molecule has 8 nitrogen and oxygen atoms in total. The number of hydrogen-bond acceptors (Lipinski definition) is 7. The van der Waals surface area contributed by atoms with E-state index in [1.165, 1.54) is 19.3 Å². The van der Waals surface area contributed by atoms with Gasteiger partial charge in [-0.2, -0.15) is 0 Å². The van der Waals surface area contributed by atoms with Crippen LogP contribution in [0.25, 0.3) is 0 Å². The molecule has 0 aromatic carbocycles.